The summed E-state index contributed by atoms with van der Waals surface area (Å²) in [4.78, 5) is 12.3. The molecule has 0 aromatic heterocycles. The third-order valence-corrected chi connectivity index (χ3v) is 2.70. The Bertz CT molecular complexity index is 537. The summed E-state index contributed by atoms with van der Waals surface area (Å²) < 4.78 is 0. The molecule has 1 aliphatic carbocycles. The normalized spacial score (nSPS) is 13.1. The molecule has 92 valence electrons. The molecule has 0 unspecified atom stereocenters. The van der Waals surface area contributed by atoms with Crippen LogP contribution in [0, 0.1) is 10.1 Å². The summed E-state index contributed by atoms with van der Waals surface area (Å²) in [6, 6.07) is 6.67. The predicted molar refractivity (Wildman–Crippen MR) is 70.2 cm³/mol. The summed E-state index contributed by atoms with van der Waals surface area (Å²) in [5.41, 5.74) is 5.49. The molecular formula is C14H14N2O2. The van der Waals surface area contributed by atoms with Crippen molar-refractivity contribution >= 4 is 5.69 Å². The lowest BCUT2D eigenvalue weighted by Crippen LogP contribution is -2.19. The third kappa shape index (κ3) is 3.17. The summed E-state index contributed by atoms with van der Waals surface area (Å²) in [5.74, 6) is 0. The van der Waals surface area contributed by atoms with E-state index in [4.69, 9.17) is 0 Å². The highest BCUT2D eigenvalue weighted by molar-refractivity contribution is 5.33. The molecule has 0 radical (unpaired) electrons. The van der Waals surface area contributed by atoms with Gasteiger partial charge >= 0.3 is 0 Å². The molecule has 2 rings (SSSR count). The van der Waals surface area contributed by atoms with E-state index in [2.05, 4.69) is 10.6 Å². The van der Waals surface area contributed by atoms with Gasteiger partial charge in [0.15, 0.2) is 0 Å². The molecule has 4 nitrogen and oxygen atoms in total. The fourth-order valence-corrected chi connectivity index (χ4v) is 1.85. The first kappa shape index (κ1) is 12.3. The monoisotopic (exact) mass is 242 g/mol. The van der Waals surface area contributed by atoms with Crippen molar-refractivity contribution in [1.29, 1.82) is 0 Å². The van der Waals surface area contributed by atoms with Gasteiger partial charge < -0.3 is 0 Å². The van der Waals surface area contributed by atoms with Crippen LogP contribution in [-0.4, -0.2) is 23.4 Å². The number of benzene rings is 1. The highest BCUT2D eigenvalue weighted by Crippen LogP contribution is 2.13. The Hall–Kier alpha value is -2.16. The molecule has 18 heavy (non-hydrogen) atoms. The zero-order chi connectivity index (χ0) is 13.0. The van der Waals surface area contributed by atoms with Crippen molar-refractivity contribution in [2.75, 3.05) is 13.6 Å². The highest BCUT2D eigenvalue weighted by atomic mass is 16.6. The quantitative estimate of drug-likeness (QED) is 0.453. The van der Waals surface area contributed by atoms with E-state index in [9.17, 15) is 10.1 Å². The molecule has 0 spiro atoms. The largest absolute Gasteiger partial charge is 0.297 e. The maximum Gasteiger partial charge on any atom is 0.269 e. The Balaban J connectivity index is 1.94. The number of hydrogen-bond acceptors (Lipinski definition) is 3. The molecule has 0 bridgehead atoms. The molecular weight excluding hydrogens is 228 g/mol. The molecule has 0 aliphatic heterocycles. The molecule has 0 saturated carbocycles. The molecule has 1 aromatic rings. The first-order valence-electron chi connectivity index (χ1n) is 5.69. The SMILES string of the molecule is CN(CC1=C=CC=C1)Cc1ccc([N+](=O)[O-])cc1. The third-order valence-electron chi connectivity index (χ3n) is 2.70. The van der Waals surface area contributed by atoms with Crippen LogP contribution < -0.4 is 0 Å². The van der Waals surface area contributed by atoms with Gasteiger partial charge in [0.25, 0.3) is 5.69 Å². The van der Waals surface area contributed by atoms with Crippen molar-refractivity contribution in [3.05, 3.63) is 69.5 Å². The zero-order valence-corrected chi connectivity index (χ0v) is 10.2. The van der Waals surface area contributed by atoms with E-state index in [0.29, 0.717) is 0 Å². The Labute approximate surface area is 106 Å². The van der Waals surface area contributed by atoms with E-state index in [0.717, 1.165) is 24.2 Å². The first-order valence-corrected chi connectivity index (χ1v) is 5.69. The number of nitro benzene ring substituents is 1. The fourth-order valence-electron chi connectivity index (χ4n) is 1.85. The average molecular weight is 242 g/mol. The molecule has 1 aliphatic rings. The Morgan fingerprint density at radius 1 is 1.28 bits per heavy atom. The molecule has 0 N–H and O–H groups in total. The van der Waals surface area contributed by atoms with Crippen molar-refractivity contribution in [1.82, 2.24) is 4.90 Å². The summed E-state index contributed by atoms with van der Waals surface area (Å²) >= 11 is 0. The van der Waals surface area contributed by atoms with Gasteiger partial charge in [-0.3, -0.25) is 15.0 Å². The molecule has 0 fully saturated rings. The van der Waals surface area contributed by atoms with Crippen LogP contribution in [0.25, 0.3) is 0 Å². The van der Waals surface area contributed by atoms with Crippen molar-refractivity contribution in [2.45, 2.75) is 6.54 Å². The number of likely N-dealkylation sites (N-methyl/N-ethyl adjacent to an activating group) is 1. The topological polar surface area (TPSA) is 46.4 Å². The van der Waals surface area contributed by atoms with Gasteiger partial charge in [-0.1, -0.05) is 18.2 Å². The lowest BCUT2D eigenvalue weighted by molar-refractivity contribution is -0.384. The van der Waals surface area contributed by atoms with Crippen LogP contribution in [0.5, 0.6) is 0 Å². The lowest BCUT2D eigenvalue weighted by Gasteiger charge is -2.15. The molecule has 0 heterocycles. The van der Waals surface area contributed by atoms with E-state index >= 15 is 0 Å². The van der Waals surface area contributed by atoms with Crippen LogP contribution >= 0.6 is 0 Å². The van der Waals surface area contributed by atoms with Crippen LogP contribution in [0.1, 0.15) is 5.56 Å². The molecule has 0 amide bonds. The van der Waals surface area contributed by atoms with E-state index in [-0.39, 0.29) is 10.6 Å². The van der Waals surface area contributed by atoms with Crippen molar-refractivity contribution in [3.8, 4) is 0 Å². The second-order valence-corrected chi connectivity index (χ2v) is 4.29. The summed E-state index contributed by atoms with van der Waals surface area (Å²) in [6.45, 7) is 1.58. The van der Waals surface area contributed by atoms with E-state index in [1.54, 1.807) is 12.1 Å². The minimum absolute atomic E-state index is 0.130. The predicted octanol–water partition coefficient (Wildman–Crippen LogP) is 2.68. The summed E-state index contributed by atoms with van der Waals surface area (Å²) in [5, 5.41) is 10.5. The highest BCUT2D eigenvalue weighted by Gasteiger charge is 2.06. The molecule has 4 heteroatoms. The van der Waals surface area contributed by atoms with Gasteiger partial charge in [-0.2, -0.15) is 0 Å². The van der Waals surface area contributed by atoms with E-state index < -0.39 is 0 Å². The van der Waals surface area contributed by atoms with Gasteiger partial charge in [0.1, 0.15) is 0 Å². The second-order valence-electron chi connectivity index (χ2n) is 4.29. The molecule has 0 atom stereocenters. The molecule has 1 aromatic carbocycles. The van der Waals surface area contributed by atoms with Crippen LogP contribution in [-0.2, 0) is 6.54 Å². The number of nitrogens with zero attached hydrogens (tertiary/aromatic N) is 2. The number of nitro groups is 1. The second kappa shape index (κ2) is 5.45. The smallest absolute Gasteiger partial charge is 0.269 e. The van der Waals surface area contributed by atoms with Gasteiger partial charge in [-0.05, 0) is 24.8 Å². The number of allylic oxidation sites excluding steroid dienone is 1. The minimum atomic E-state index is -0.383. The van der Waals surface area contributed by atoms with Gasteiger partial charge in [0.05, 0.1) is 4.92 Å². The molecule has 0 saturated heterocycles. The van der Waals surface area contributed by atoms with Crippen molar-refractivity contribution < 1.29 is 4.92 Å². The van der Waals surface area contributed by atoms with Gasteiger partial charge in [0, 0.05) is 30.8 Å². The zero-order valence-electron chi connectivity index (χ0n) is 10.2. The fraction of sp³-hybridized carbons (Fsp3) is 0.214. The number of hydrogen-bond donors (Lipinski definition) is 0. The Morgan fingerprint density at radius 3 is 2.56 bits per heavy atom. The van der Waals surface area contributed by atoms with Gasteiger partial charge in [-0.15, -0.1) is 5.73 Å². The van der Waals surface area contributed by atoms with Gasteiger partial charge in [0.2, 0.25) is 0 Å². The standard InChI is InChI=1S/C14H14N2O2/c1-15(10-12-4-2-3-5-12)11-13-6-8-14(9-7-13)16(17)18/h2-4,6-9H,10-11H2,1H3. The Morgan fingerprint density at radius 2 is 2.00 bits per heavy atom. The average Bonchev–Trinajstić information content (AvgIpc) is 2.82. The van der Waals surface area contributed by atoms with Crippen LogP contribution in [0.2, 0.25) is 0 Å². The summed E-state index contributed by atoms with van der Waals surface area (Å²) in [7, 11) is 2.02. The number of rotatable bonds is 5. The van der Waals surface area contributed by atoms with Crippen LogP contribution in [0.15, 0.2) is 53.8 Å². The maximum atomic E-state index is 10.5. The maximum absolute atomic E-state index is 10.5. The minimum Gasteiger partial charge on any atom is -0.297 e. The van der Waals surface area contributed by atoms with Crippen LogP contribution in [0.4, 0.5) is 5.69 Å². The van der Waals surface area contributed by atoms with Crippen molar-refractivity contribution in [2.24, 2.45) is 0 Å². The van der Waals surface area contributed by atoms with Crippen molar-refractivity contribution in [3.63, 3.8) is 0 Å². The van der Waals surface area contributed by atoms with E-state index in [1.165, 1.54) is 12.1 Å². The van der Waals surface area contributed by atoms with Gasteiger partial charge in [-0.25, -0.2) is 0 Å². The van der Waals surface area contributed by atoms with Crippen LogP contribution in [0.3, 0.4) is 0 Å². The lowest BCUT2D eigenvalue weighted by atomic mass is 10.2. The summed E-state index contributed by atoms with van der Waals surface area (Å²) in [6.07, 6.45) is 5.90. The number of non-ortho nitro benzene ring substituents is 1. The van der Waals surface area contributed by atoms with E-state index in [1.807, 2.05) is 25.3 Å². The first-order chi connectivity index (χ1) is 8.65. The Kier molecular flexibility index (Phi) is 3.72.